The first-order chi connectivity index (χ1) is 9.97. The van der Waals surface area contributed by atoms with Crippen molar-refractivity contribution in [1.82, 2.24) is 10.0 Å². The molecule has 1 fully saturated rings. The van der Waals surface area contributed by atoms with Gasteiger partial charge in [0.25, 0.3) is 0 Å². The van der Waals surface area contributed by atoms with Crippen molar-refractivity contribution in [1.29, 1.82) is 0 Å². The molecule has 1 aliphatic rings. The van der Waals surface area contributed by atoms with E-state index in [9.17, 15) is 8.42 Å². The van der Waals surface area contributed by atoms with Gasteiger partial charge in [0.1, 0.15) is 0 Å². The first-order valence-corrected chi connectivity index (χ1v) is 10.1. The zero-order chi connectivity index (χ0) is 15.3. The summed E-state index contributed by atoms with van der Waals surface area (Å²) < 4.78 is 27.2. The van der Waals surface area contributed by atoms with Crippen LogP contribution in [0.25, 0.3) is 0 Å². The summed E-state index contributed by atoms with van der Waals surface area (Å²) in [6, 6.07) is 2.18. The third kappa shape index (κ3) is 5.36. The number of sulfonamides is 1. The molecule has 0 bridgehead atoms. The molecular weight excluding hydrogens is 304 g/mol. The van der Waals surface area contributed by atoms with Crippen molar-refractivity contribution in [2.45, 2.75) is 63.4 Å². The Hall–Kier alpha value is -0.430. The summed E-state index contributed by atoms with van der Waals surface area (Å²) in [5.74, 6) is 0.709. The SMILES string of the molecule is CC(C)NCc1cc(S(=O)(=O)NCCC2CCCC2)cs1. The van der Waals surface area contributed by atoms with Gasteiger partial charge in [0, 0.05) is 29.4 Å². The van der Waals surface area contributed by atoms with Crippen LogP contribution in [0, 0.1) is 5.92 Å². The Kier molecular flexibility index (Phi) is 6.22. The monoisotopic (exact) mass is 330 g/mol. The van der Waals surface area contributed by atoms with E-state index in [2.05, 4.69) is 23.9 Å². The normalized spacial score (nSPS) is 16.9. The van der Waals surface area contributed by atoms with E-state index in [0.29, 0.717) is 23.4 Å². The van der Waals surface area contributed by atoms with Gasteiger partial charge in [0.2, 0.25) is 10.0 Å². The van der Waals surface area contributed by atoms with Crippen molar-refractivity contribution in [3.8, 4) is 0 Å². The molecule has 1 aromatic rings. The predicted molar refractivity (Wildman–Crippen MR) is 88.1 cm³/mol. The molecule has 1 saturated carbocycles. The average molecular weight is 331 g/mol. The van der Waals surface area contributed by atoms with Crippen LogP contribution in [0.5, 0.6) is 0 Å². The molecule has 4 nitrogen and oxygen atoms in total. The number of rotatable bonds is 8. The van der Waals surface area contributed by atoms with E-state index in [1.54, 1.807) is 11.4 Å². The van der Waals surface area contributed by atoms with Gasteiger partial charge in [-0.2, -0.15) is 0 Å². The number of nitrogens with one attached hydrogen (secondary N) is 2. The molecule has 0 aromatic carbocycles. The van der Waals surface area contributed by atoms with E-state index >= 15 is 0 Å². The minimum absolute atomic E-state index is 0.400. The second-order valence-corrected chi connectivity index (χ2v) is 8.88. The van der Waals surface area contributed by atoms with E-state index in [4.69, 9.17) is 0 Å². The number of hydrogen-bond donors (Lipinski definition) is 2. The minimum atomic E-state index is -3.34. The molecule has 2 rings (SSSR count). The van der Waals surface area contributed by atoms with Gasteiger partial charge in [-0.3, -0.25) is 0 Å². The van der Waals surface area contributed by atoms with Gasteiger partial charge in [-0.15, -0.1) is 11.3 Å². The van der Waals surface area contributed by atoms with Gasteiger partial charge in [0.15, 0.2) is 0 Å². The van der Waals surface area contributed by atoms with Crippen LogP contribution in [0.2, 0.25) is 0 Å². The van der Waals surface area contributed by atoms with E-state index in [-0.39, 0.29) is 0 Å². The van der Waals surface area contributed by atoms with Crippen molar-refractivity contribution in [2.24, 2.45) is 5.92 Å². The Morgan fingerprint density at radius 3 is 2.71 bits per heavy atom. The van der Waals surface area contributed by atoms with E-state index in [0.717, 1.165) is 17.8 Å². The molecule has 0 unspecified atom stereocenters. The van der Waals surface area contributed by atoms with Crippen molar-refractivity contribution in [2.75, 3.05) is 6.54 Å². The summed E-state index contributed by atoms with van der Waals surface area (Å²) >= 11 is 1.50. The second kappa shape index (κ2) is 7.72. The van der Waals surface area contributed by atoms with Crippen LogP contribution in [-0.2, 0) is 16.6 Å². The van der Waals surface area contributed by atoms with Crippen molar-refractivity contribution >= 4 is 21.4 Å². The predicted octanol–water partition coefficient (Wildman–Crippen LogP) is 3.10. The maximum atomic E-state index is 12.2. The molecule has 6 heteroatoms. The molecule has 1 heterocycles. The molecule has 1 aliphatic carbocycles. The molecule has 21 heavy (non-hydrogen) atoms. The van der Waals surface area contributed by atoms with Crippen LogP contribution < -0.4 is 10.0 Å². The lowest BCUT2D eigenvalue weighted by molar-refractivity contribution is 0.496. The van der Waals surface area contributed by atoms with Crippen LogP contribution in [-0.4, -0.2) is 21.0 Å². The summed E-state index contributed by atoms with van der Waals surface area (Å²) in [6.45, 7) is 5.44. The molecular formula is C15H26N2O2S2. The Labute approximate surface area is 132 Å². The number of hydrogen-bond acceptors (Lipinski definition) is 4. The third-order valence-electron chi connectivity index (χ3n) is 3.94. The molecule has 0 saturated heterocycles. The van der Waals surface area contributed by atoms with Gasteiger partial charge in [-0.25, -0.2) is 13.1 Å². The molecule has 0 radical (unpaired) electrons. The largest absolute Gasteiger partial charge is 0.310 e. The second-order valence-electron chi connectivity index (χ2n) is 6.12. The summed E-state index contributed by atoms with van der Waals surface area (Å²) in [6.07, 6.45) is 6.07. The summed E-state index contributed by atoms with van der Waals surface area (Å²) in [5, 5.41) is 5.03. The first kappa shape index (κ1) is 16.9. The Morgan fingerprint density at radius 2 is 2.05 bits per heavy atom. The highest BCUT2D eigenvalue weighted by molar-refractivity contribution is 7.89. The maximum absolute atomic E-state index is 12.2. The molecule has 120 valence electrons. The highest BCUT2D eigenvalue weighted by atomic mass is 32.2. The summed E-state index contributed by atoms with van der Waals surface area (Å²) in [7, 11) is -3.34. The van der Waals surface area contributed by atoms with E-state index in [1.807, 2.05) is 0 Å². The molecule has 0 atom stereocenters. The lowest BCUT2D eigenvalue weighted by atomic mass is 10.1. The van der Waals surface area contributed by atoms with Crippen LogP contribution in [0.15, 0.2) is 16.3 Å². The van der Waals surface area contributed by atoms with Crippen molar-refractivity contribution < 1.29 is 8.42 Å². The summed E-state index contributed by atoms with van der Waals surface area (Å²) in [4.78, 5) is 1.46. The minimum Gasteiger partial charge on any atom is -0.310 e. The van der Waals surface area contributed by atoms with Crippen LogP contribution in [0.3, 0.4) is 0 Å². The van der Waals surface area contributed by atoms with E-state index < -0.39 is 10.0 Å². The first-order valence-electron chi connectivity index (χ1n) is 7.78. The van der Waals surface area contributed by atoms with E-state index in [1.165, 1.54) is 37.0 Å². The van der Waals surface area contributed by atoms with Gasteiger partial charge >= 0.3 is 0 Å². The average Bonchev–Trinajstić information content (AvgIpc) is 3.07. The van der Waals surface area contributed by atoms with Gasteiger partial charge < -0.3 is 5.32 Å². The van der Waals surface area contributed by atoms with Gasteiger partial charge in [0.05, 0.1) is 4.90 Å². The molecule has 0 amide bonds. The van der Waals surface area contributed by atoms with Gasteiger partial charge in [-0.1, -0.05) is 39.5 Å². The fourth-order valence-corrected chi connectivity index (χ4v) is 4.95. The fourth-order valence-electron chi connectivity index (χ4n) is 2.68. The van der Waals surface area contributed by atoms with Crippen LogP contribution >= 0.6 is 11.3 Å². The number of thiophene rings is 1. The molecule has 1 aromatic heterocycles. The Balaban J connectivity index is 1.83. The zero-order valence-corrected chi connectivity index (χ0v) is 14.5. The standard InChI is InChI=1S/C15H26N2O2S2/c1-12(2)16-10-14-9-15(11-20-14)21(18,19)17-8-7-13-5-3-4-6-13/h9,11-13,16-17H,3-8,10H2,1-2H3. The molecule has 2 N–H and O–H groups in total. The highest BCUT2D eigenvalue weighted by Gasteiger charge is 2.18. The lowest BCUT2D eigenvalue weighted by Gasteiger charge is -2.09. The van der Waals surface area contributed by atoms with Gasteiger partial charge in [-0.05, 0) is 18.4 Å². The Bertz CT molecular complexity index is 532. The zero-order valence-electron chi connectivity index (χ0n) is 12.9. The topological polar surface area (TPSA) is 58.2 Å². The van der Waals surface area contributed by atoms with Crippen LogP contribution in [0.1, 0.15) is 50.8 Å². The lowest BCUT2D eigenvalue weighted by Crippen LogP contribution is -2.25. The molecule has 0 spiro atoms. The maximum Gasteiger partial charge on any atom is 0.241 e. The Morgan fingerprint density at radius 1 is 1.33 bits per heavy atom. The molecule has 0 aliphatic heterocycles. The van der Waals surface area contributed by atoms with Crippen molar-refractivity contribution in [3.05, 3.63) is 16.3 Å². The quantitative estimate of drug-likeness (QED) is 0.770. The fraction of sp³-hybridized carbons (Fsp3) is 0.733. The van der Waals surface area contributed by atoms with Crippen molar-refractivity contribution in [3.63, 3.8) is 0 Å². The third-order valence-corrected chi connectivity index (χ3v) is 6.47. The van der Waals surface area contributed by atoms with Crippen LogP contribution in [0.4, 0.5) is 0 Å². The highest BCUT2D eigenvalue weighted by Crippen LogP contribution is 2.27. The smallest absolute Gasteiger partial charge is 0.241 e. The summed E-state index contributed by atoms with van der Waals surface area (Å²) in [5.41, 5.74) is 0.